The number of benzene rings is 2. The lowest BCUT2D eigenvalue weighted by Crippen LogP contribution is -2.46. The minimum Gasteiger partial charge on any atom is -0.493 e. The Morgan fingerprint density at radius 3 is 2.33 bits per heavy atom. The molecule has 6 nitrogen and oxygen atoms in total. The van der Waals surface area contributed by atoms with Gasteiger partial charge in [0.15, 0.2) is 11.5 Å². The Kier molecular flexibility index (Phi) is 7.52. The van der Waals surface area contributed by atoms with Gasteiger partial charge in [-0.15, -0.1) is 0 Å². The molecule has 0 aromatic heterocycles. The SMILES string of the molecule is COc1ccc(C(=O)NC2CCN(C(=O)/C=C/c3ccc(Br)cc3)CC2)cc1OC. The summed E-state index contributed by atoms with van der Waals surface area (Å²) in [6, 6.07) is 12.9. The highest BCUT2D eigenvalue weighted by Crippen LogP contribution is 2.27. The number of nitrogens with one attached hydrogen (secondary N) is 1. The molecule has 1 fully saturated rings. The number of likely N-dealkylation sites (tertiary alicyclic amines) is 1. The maximum atomic E-state index is 12.6. The fraction of sp³-hybridized carbons (Fsp3) is 0.304. The highest BCUT2D eigenvalue weighted by Gasteiger charge is 2.23. The van der Waals surface area contributed by atoms with Crippen LogP contribution >= 0.6 is 15.9 Å². The summed E-state index contributed by atoms with van der Waals surface area (Å²) in [5.41, 5.74) is 1.49. The van der Waals surface area contributed by atoms with Gasteiger partial charge in [-0.25, -0.2) is 0 Å². The molecule has 3 rings (SSSR count). The summed E-state index contributed by atoms with van der Waals surface area (Å²) in [7, 11) is 3.10. The van der Waals surface area contributed by atoms with Gasteiger partial charge in [-0.3, -0.25) is 9.59 Å². The van der Waals surface area contributed by atoms with Gasteiger partial charge in [0.1, 0.15) is 0 Å². The second kappa shape index (κ2) is 10.3. The standard InChI is InChI=1S/C23H25BrN2O4/c1-29-20-9-6-17(15-21(20)30-2)23(28)25-19-11-13-26(14-12-19)22(27)10-5-16-3-7-18(24)8-4-16/h3-10,15,19H,11-14H2,1-2H3,(H,25,28)/b10-5+. The van der Waals surface area contributed by atoms with Gasteiger partial charge in [0.05, 0.1) is 14.2 Å². The molecule has 0 atom stereocenters. The van der Waals surface area contributed by atoms with Gasteiger partial charge in [0.25, 0.3) is 5.91 Å². The molecule has 30 heavy (non-hydrogen) atoms. The average molecular weight is 473 g/mol. The van der Waals surface area contributed by atoms with Crippen molar-refractivity contribution in [1.82, 2.24) is 10.2 Å². The molecule has 0 aliphatic carbocycles. The summed E-state index contributed by atoms with van der Waals surface area (Å²) in [4.78, 5) is 26.8. The van der Waals surface area contributed by atoms with Crippen LogP contribution in [0.25, 0.3) is 6.08 Å². The van der Waals surface area contributed by atoms with Crippen LogP contribution in [-0.2, 0) is 4.79 Å². The number of piperidine rings is 1. The van der Waals surface area contributed by atoms with E-state index in [0.717, 1.165) is 22.9 Å². The minimum absolute atomic E-state index is 0.0115. The Morgan fingerprint density at radius 2 is 1.70 bits per heavy atom. The fourth-order valence-corrected chi connectivity index (χ4v) is 3.60. The quantitative estimate of drug-likeness (QED) is 0.647. The topological polar surface area (TPSA) is 67.9 Å². The summed E-state index contributed by atoms with van der Waals surface area (Å²) in [6.45, 7) is 1.22. The van der Waals surface area contributed by atoms with Crippen molar-refractivity contribution in [3.63, 3.8) is 0 Å². The van der Waals surface area contributed by atoms with Gasteiger partial charge in [-0.1, -0.05) is 28.1 Å². The number of carbonyl (C=O) groups excluding carboxylic acids is 2. The number of carbonyl (C=O) groups is 2. The molecular weight excluding hydrogens is 448 g/mol. The number of nitrogens with zero attached hydrogens (tertiary/aromatic N) is 1. The number of ether oxygens (including phenoxy) is 2. The van der Waals surface area contributed by atoms with E-state index >= 15 is 0 Å². The third-order valence-corrected chi connectivity index (χ3v) is 5.60. The zero-order chi connectivity index (χ0) is 21.5. The molecule has 1 aliphatic rings. The Bertz CT molecular complexity index is 919. The van der Waals surface area contributed by atoms with Crippen LogP contribution in [0.3, 0.4) is 0 Å². The number of rotatable bonds is 6. The van der Waals surface area contributed by atoms with Gasteiger partial charge in [0.2, 0.25) is 5.91 Å². The zero-order valence-corrected chi connectivity index (χ0v) is 18.6. The van der Waals surface area contributed by atoms with Gasteiger partial charge in [0, 0.05) is 35.2 Å². The summed E-state index contributed by atoms with van der Waals surface area (Å²) >= 11 is 3.40. The molecule has 0 saturated carbocycles. The lowest BCUT2D eigenvalue weighted by Gasteiger charge is -2.31. The van der Waals surface area contributed by atoms with Crippen molar-refractivity contribution in [3.8, 4) is 11.5 Å². The number of amides is 2. The number of hydrogen-bond acceptors (Lipinski definition) is 4. The zero-order valence-electron chi connectivity index (χ0n) is 17.1. The van der Waals surface area contributed by atoms with E-state index in [1.807, 2.05) is 35.2 Å². The van der Waals surface area contributed by atoms with Crippen LogP contribution in [0.15, 0.2) is 53.0 Å². The van der Waals surface area contributed by atoms with Crippen LogP contribution in [-0.4, -0.2) is 50.1 Å². The molecule has 1 aliphatic heterocycles. The van der Waals surface area contributed by atoms with Crippen LogP contribution in [0.2, 0.25) is 0 Å². The van der Waals surface area contributed by atoms with Gasteiger partial charge in [-0.05, 0) is 54.8 Å². The average Bonchev–Trinajstić information content (AvgIpc) is 2.78. The highest BCUT2D eigenvalue weighted by molar-refractivity contribution is 9.10. The van der Waals surface area contributed by atoms with Crippen molar-refractivity contribution in [3.05, 3.63) is 64.1 Å². The molecule has 7 heteroatoms. The van der Waals surface area contributed by atoms with Crippen molar-refractivity contribution in [2.45, 2.75) is 18.9 Å². The second-order valence-corrected chi connectivity index (χ2v) is 7.94. The summed E-state index contributed by atoms with van der Waals surface area (Å²) in [5.74, 6) is 0.929. The van der Waals surface area contributed by atoms with Crippen molar-refractivity contribution in [2.24, 2.45) is 0 Å². The Morgan fingerprint density at radius 1 is 1.03 bits per heavy atom. The van der Waals surface area contributed by atoms with E-state index < -0.39 is 0 Å². The van der Waals surface area contributed by atoms with Crippen LogP contribution in [0, 0.1) is 0 Å². The van der Waals surface area contributed by atoms with E-state index in [0.29, 0.717) is 30.2 Å². The van der Waals surface area contributed by atoms with Crippen molar-refractivity contribution >= 4 is 33.8 Å². The summed E-state index contributed by atoms with van der Waals surface area (Å²) in [6.07, 6.45) is 4.86. The molecule has 0 unspecified atom stereocenters. The third kappa shape index (κ3) is 5.63. The molecule has 2 amide bonds. The van der Waals surface area contributed by atoms with E-state index in [1.165, 1.54) is 7.11 Å². The normalized spacial score (nSPS) is 14.6. The number of halogens is 1. The lowest BCUT2D eigenvalue weighted by atomic mass is 10.0. The van der Waals surface area contributed by atoms with Crippen molar-refractivity contribution in [2.75, 3.05) is 27.3 Å². The number of methoxy groups -OCH3 is 2. The first-order valence-electron chi connectivity index (χ1n) is 9.75. The summed E-state index contributed by atoms with van der Waals surface area (Å²) in [5, 5.41) is 3.05. The third-order valence-electron chi connectivity index (χ3n) is 5.08. The predicted molar refractivity (Wildman–Crippen MR) is 120 cm³/mol. The maximum absolute atomic E-state index is 12.6. The molecular formula is C23H25BrN2O4. The maximum Gasteiger partial charge on any atom is 0.251 e. The fourth-order valence-electron chi connectivity index (χ4n) is 3.34. The van der Waals surface area contributed by atoms with Gasteiger partial charge >= 0.3 is 0 Å². The molecule has 0 bridgehead atoms. The second-order valence-electron chi connectivity index (χ2n) is 7.03. The Labute approximate surface area is 185 Å². The van der Waals surface area contributed by atoms with Crippen LogP contribution in [0.4, 0.5) is 0 Å². The summed E-state index contributed by atoms with van der Waals surface area (Å²) < 4.78 is 11.5. The highest BCUT2D eigenvalue weighted by atomic mass is 79.9. The molecule has 1 saturated heterocycles. The first-order chi connectivity index (χ1) is 14.5. The molecule has 2 aromatic carbocycles. The molecule has 0 radical (unpaired) electrons. The monoisotopic (exact) mass is 472 g/mol. The van der Waals surface area contributed by atoms with Gasteiger partial charge < -0.3 is 19.7 Å². The Balaban J connectivity index is 1.51. The first-order valence-corrected chi connectivity index (χ1v) is 10.5. The van der Waals surface area contributed by atoms with Crippen LogP contribution < -0.4 is 14.8 Å². The van der Waals surface area contributed by atoms with E-state index in [-0.39, 0.29) is 17.9 Å². The lowest BCUT2D eigenvalue weighted by molar-refractivity contribution is -0.126. The van der Waals surface area contributed by atoms with Crippen molar-refractivity contribution < 1.29 is 19.1 Å². The molecule has 1 heterocycles. The largest absolute Gasteiger partial charge is 0.493 e. The smallest absolute Gasteiger partial charge is 0.251 e. The molecule has 0 spiro atoms. The molecule has 158 valence electrons. The predicted octanol–water partition coefficient (Wildman–Crippen LogP) is 3.90. The molecule has 1 N–H and O–H groups in total. The van der Waals surface area contributed by atoms with E-state index in [4.69, 9.17) is 9.47 Å². The van der Waals surface area contributed by atoms with Crippen LogP contribution in [0.1, 0.15) is 28.8 Å². The van der Waals surface area contributed by atoms with E-state index in [2.05, 4.69) is 21.2 Å². The molecule has 2 aromatic rings. The number of hydrogen-bond donors (Lipinski definition) is 1. The van der Waals surface area contributed by atoms with Crippen LogP contribution in [0.5, 0.6) is 11.5 Å². The first kappa shape index (κ1) is 21.9. The van der Waals surface area contributed by atoms with Gasteiger partial charge in [-0.2, -0.15) is 0 Å². The minimum atomic E-state index is -0.157. The van der Waals surface area contributed by atoms with E-state index in [9.17, 15) is 9.59 Å². The van der Waals surface area contributed by atoms with Crippen molar-refractivity contribution in [1.29, 1.82) is 0 Å². The Hall–Kier alpha value is -2.80. The van der Waals surface area contributed by atoms with E-state index in [1.54, 1.807) is 31.4 Å².